The van der Waals surface area contributed by atoms with Gasteiger partial charge in [-0.05, 0) is 41.3 Å². The summed E-state index contributed by atoms with van der Waals surface area (Å²) in [6.07, 6.45) is 5.10. The van der Waals surface area contributed by atoms with Crippen LogP contribution in [-0.4, -0.2) is 29.2 Å². The lowest BCUT2D eigenvalue weighted by Crippen LogP contribution is -2.23. The minimum Gasteiger partial charge on any atom is -0.396 e. The summed E-state index contributed by atoms with van der Waals surface area (Å²) in [5.74, 6) is 2.14. The number of allylic oxidation sites excluding steroid dienone is 2. The van der Waals surface area contributed by atoms with Crippen LogP contribution in [0.4, 0.5) is 0 Å². The van der Waals surface area contributed by atoms with Gasteiger partial charge < -0.3 is 10.2 Å². The maximum atomic E-state index is 9.42. The molecule has 3 heteroatoms. The van der Waals surface area contributed by atoms with Gasteiger partial charge in [-0.15, -0.1) is 18.3 Å². The first-order valence-electron chi connectivity index (χ1n) is 5.91. The molecule has 0 bridgehead atoms. The van der Waals surface area contributed by atoms with Gasteiger partial charge in [0.2, 0.25) is 0 Å². The summed E-state index contributed by atoms with van der Waals surface area (Å²) in [4.78, 5) is 0. The van der Waals surface area contributed by atoms with E-state index >= 15 is 0 Å². The zero-order chi connectivity index (χ0) is 12.0. The molecule has 0 amide bonds. The highest BCUT2D eigenvalue weighted by Gasteiger charge is 2.39. The van der Waals surface area contributed by atoms with E-state index in [9.17, 15) is 10.2 Å². The second kappa shape index (κ2) is 7.15. The number of hydrogen-bond donors (Lipinski definition) is 2. The Bertz CT molecular complexity index is 240. The van der Waals surface area contributed by atoms with Crippen LogP contribution in [0.15, 0.2) is 24.1 Å². The highest BCUT2D eigenvalue weighted by Crippen LogP contribution is 2.42. The Morgan fingerprint density at radius 2 is 1.88 bits per heavy atom. The third-order valence-electron chi connectivity index (χ3n) is 3.51. The van der Waals surface area contributed by atoms with E-state index in [2.05, 4.69) is 25.0 Å². The molecule has 0 saturated heterocycles. The van der Waals surface area contributed by atoms with E-state index in [1.165, 1.54) is 0 Å². The Hall–Kier alpha value is -0.250. The number of hydrogen-bond acceptors (Lipinski definition) is 3. The molecule has 92 valence electrons. The summed E-state index contributed by atoms with van der Waals surface area (Å²) < 4.78 is 0. The Morgan fingerprint density at radius 3 is 2.38 bits per heavy atom. The van der Waals surface area contributed by atoms with Crippen LogP contribution >= 0.6 is 11.8 Å². The highest BCUT2D eigenvalue weighted by molar-refractivity contribution is 8.02. The number of aliphatic hydroxyl groups excluding tert-OH is 2. The first-order chi connectivity index (χ1) is 7.78. The molecule has 16 heavy (non-hydrogen) atoms. The lowest BCUT2D eigenvalue weighted by molar-refractivity contribution is 0.117. The molecule has 0 aromatic rings. The van der Waals surface area contributed by atoms with Crippen LogP contribution in [0.2, 0.25) is 0 Å². The normalized spacial score (nSPS) is 34.7. The molecule has 0 heterocycles. The maximum absolute atomic E-state index is 9.42. The second-order valence-corrected chi connectivity index (χ2v) is 5.46. The van der Waals surface area contributed by atoms with Crippen LogP contribution in [0.3, 0.4) is 0 Å². The Labute approximate surface area is 102 Å². The summed E-state index contributed by atoms with van der Waals surface area (Å²) in [6, 6.07) is 0. The molecule has 2 N–H and O–H groups in total. The van der Waals surface area contributed by atoms with Crippen molar-refractivity contribution in [3.05, 3.63) is 24.1 Å². The van der Waals surface area contributed by atoms with Crippen LogP contribution in [0, 0.1) is 23.7 Å². The van der Waals surface area contributed by atoms with Gasteiger partial charge in [0.05, 0.1) is 0 Å². The molecule has 1 rings (SSSR count). The van der Waals surface area contributed by atoms with Crippen molar-refractivity contribution in [2.75, 3.05) is 19.0 Å². The zero-order valence-corrected chi connectivity index (χ0v) is 10.7. The van der Waals surface area contributed by atoms with E-state index in [1.54, 1.807) is 11.8 Å². The summed E-state index contributed by atoms with van der Waals surface area (Å²) in [5, 5.41) is 20.9. The molecular weight excluding hydrogens is 220 g/mol. The van der Waals surface area contributed by atoms with Gasteiger partial charge in [-0.2, -0.15) is 0 Å². The largest absolute Gasteiger partial charge is 0.396 e. The van der Waals surface area contributed by atoms with Gasteiger partial charge in [-0.1, -0.05) is 19.1 Å². The quantitative estimate of drug-likeness (QED) is 0.702. The molecule has 0 aliphatic heterocycles. The predicted molar refractivity (Wildman–Crippen MR) is 70.2 cm³/mol. The van der Waals surface area contributed by atoms with E-state index in [4.69, 9.17) is 0 Å². The van der Waals surface area contributed by atoms with E-state index in [1.807, 2.05) is 6.08 Å². The fourth-order valence-electron chi connectivity index (χ4n) is 2.59. The van der Waals surface area contributed by atoms with Crippen LogP contribution in [0.5, 0.6) is 0 Å². The number of aliphatic hydroxyl groups is 2. The predicted octanol–water partition coefficient (Wildman–Crippen LogP) is 2.29. The monoisotopic (exact) mass is 242 g/mol. The highest BCUT2D eigenvalue weighted by atomic mass is 32.2. The zero-order valence-electron chi connectivity index (χ0n) is 9.88. The second-order valence-electron chi connectivity index (χ2n) is 4.28. The van der Waals surface area contributed by atoms with Crippen molar-refractivity contribution in [2.24, 2.45) is 23.7 Å². The van der Waals surface area contributed by atoms with E-state index < -0.39 is 0 Å². The third-order valence-corrected chi connectivity index (χ3v) is 4.19. The number of rotatable bonds is 6. The molecule has 1 aliphatic carbocycles. The van der Waals surface area contributed by atoms with Gasteiger partial charge in [0, 0.05) is 13.2 Å². The average molecular weight is 242 g/mol. The molecule has 0 spiro atoms. The van der Waals surface area contributed by atoms with Crippen LogP contribution in [0.25, 0.3) is 0 Å². The van der Waals surface area contributed by atoms with Gasteiger partial charge in [0.25, 0.3) is 0 Å². The van der Waals surface area contributed by atoms with Crippen LogP contribution < -0.4 is 0 Å². The summed E-state index contributed by atoms with van der Waals surface area (Å²) in [6.45, 7) is 6.24. The standard InChI is InChI=1S/C13H22O2S/c1-3-10-7-11(5-6-16-4-2)13(9-15)12(10)8-14/h3,5-6,10-15H,1,4,7-9H2,2H3/b6-5-/t10-,11-,12+,13-/m1/s1. The molecule has 0 unspecified atom stereocenters. The SMILES string of the molecule is C=C[C@@H]1C[C@@H](/C=C\SCC)[C@@H](CO)[C@H]1CO. The fourth-order valence-corrected chi connectivity index (χ4v) is 3.09. The molecule has 2 nitrogen and oxygen atoms in total. The average Bonchev–Trinajstić information content (AvgIpc) is 2.66. The summed E-state index contributed by atoms with van der Waals surface area (Å²) in [7, 11) is 0. The molecule has 0 aromatic heterocycles. The van der Waals surface area contributed by atoms with E-state index in [0.717, 1.165) is 12.2 Å². The van der Waals surface area contributed by atoms with Crippen molar-refractivity contribution in [2.45, 2.75) is 13.3 Å². The molecule has 1 aliphatic rings. The minimum absolute atomic E-state index is 0.146. The first-order valence-corrected chi connectivity index (χ1v) is 6.95. The van der Waals surface area contributed by atoms with E-state index in [-0.39, 0.29) is 25.0 Å². The fraction of sp³-hybridized carbons (Fsp3) is 0.692. The molecular formula is C13H22O2S. The van der Waals surface area contributed by atoms with Gasteiger partial charge in [-0.3, -0.25) is 0 Å². The van der Waals surface area contributed by atoms with Crippen molar-refractivity contribution in [3.63, 3.8) is 0 Å². The summed E-state index contributed by atoms with van der Waals surface area (Å²) in [5.41, 5.74) is 0. The first kappa shape index (κ1) is 13.8. The van der Waals surface area contributed by atoms with E-state index in [0.29, 0.717) is 11.8 Å². The van der Waals surface area contributed by atoms with Gasteiger partial charge in [0.1, 0.15) is 0 Å². The minimum atomic E-state index is 0.146. The van der Waals surface area contributed by atoms with Gasteiger partial charge in [-0.25, -0.2) is 0 Å². The third kappa shape index (κ3) is 3.12. The Morgan fingerprint density at radius 1 is 1.25 bits per heavy atom. The van der Waals surface area contributed by atoms with Crippen LogP contribution in [0.1, 0.15) is 13.3 Å². The Balaban J connectivity index is 2.67. The van der Waals surface area contributed by atoms with Crippen molar-refractivity contribution >= 4 is 11.8 Å². The smallest absolute Gasteiger partial charge is 0.0468 e. The Kier molecular flexibility index (Phi) is 6.17. The topological polar surface area (TPSA) is 40.5 Å². The van der Waals surface area contributed by atoms with Crippen molar-refractivity contribution in [1.82, 2.24) is 0 Å². The lowest BCUT2D eigenvalue weighted by atomic mass is 9.88. The van der Waals surface area contributed by atoms with Gasteiger partial charge >= 0.3 is 0 Å². The van der Waals surface area contributed by atoms with Crippen LogP contribution in [-0.2, 0) is 0 Å². The molecule has 1 saturated carbocycles. The number of thioether (sulfide) groups is 1. The summed E-state index contributed by atoms with van der Waals surface area (Å²) >= 11 is 1.77. The molecule has 0 radical (unpaired) electrons. The maximum Gasteiger partial charge on any atom is 0.0468 e. The van der Waals surface area contributed by atoms with Gasteiger partial charge in [0.15, 0.2) is 0 Å². The molecule has 0 aromatic carbocycles. The van der Waals surface area contributed by atoms with Crippen molar-refractivity contribution in [3.8, 4) is 0 Å². The van der Waals surface area contributed by atoms with Crippen molar-refractivity contribution < 1.29 is 10.2 Å². The molecule has 1 fully saturated rings. The van der Waals surface area contributed by atoms with Crippen molar-refractivity contribution in [1.29, 1.82) is 0 Å². The lowest BCUT2D eigenvalue weighted by Gasteiger charge is -2.20. The molecule has 4 atom stereocenters.